The maximum atomic E-state index is 12.0. The molecular formula is C25H31ClN6OS. The summed E-state index contributed by atoms with van der Waals surface area (Å²) >= 11 is 12.0. The Balaban J connectivity index is 1.52. The van der Waals surface area contributed by atoms with E-state index in [1.54, 1.807) is 0 Å². The molecule has 1 aromatic heterocycles. The number of carbonyl (C=O) groups is 1. The van der Waals surface area contributed by atoms with Crippen LogP contribution >= 0.6 is 23.8 Å². The van der Waals surface area contributed by atoms with Crippen molar-refractivity contribution >= 4 is 29.7 Å². The summed E-state index contributed by atoms with van der Waals surface area (Å²) in [6, 6.07) is 16.0. The van der Waals surface area contributed by atoms with E-state index in [-0.39, 0.29) is 5.91 Å². The zero-order chi connectivity index (χ0) is 24.1. The van der Waals surface area contributed by atoms with E-state index in [1.807, 2.05) is 33.5 Å². The Hall–Kier alpha value is -2.52. The van der Waals surface area contributed by atoms with Crippen molar-refractivity contribution in [3.05, 3.63) is 63.9 Å². The predicted molar refractivity (Wildman–Crippen MR) is 139 cm³/mol. The van der Waals surface area contributed by atoms with Crippen LogP contribution in [0.2, 0.25) is 5.02 Å². The molecule has 1 saturated heterocycles. The Labute approximate surface area is 210 Å². The van der Waals surface area contributed by atoms with Crippen LogP contribution in [0, 0.1) is 11.7 Å². The molecule has 0 spiro atoms. The Morgan fingerprint density at radius 2 is 1.68 bits per heavy atom. The van der Waals surface area contributed by atoms with E-state index in [4.69, 9.17) is 28.9 Å². The van der Waals surface area contributed by atoms with Crippen molar-refractivity contribution in [3.8, 4) is 17.1 Å². The van der Waals surface area contributed by atoms with Gasteiger partial charge in [0.15, 0.2) is 5.82 Å². The van der Waals surface area contributed by atoms with Gasteiger partial charge in [0.2, 0.25) is 10.7 Å². The Bertz CT molecular complexity index is 1160. The number of aryl methyl sites for hydroxylation is 1. The molecule has 2 aromatic carbocycles. The third kappa shape index (κ3) is 5.93. The van der Waals surface area contributed by atoms with Gasteiger partial charge < -0.3 is 5.32 Å². The second-order valence-corrected chi connectivity index (χ2v) is 9.47. The van der Waals surface area contributed by atoms with Crippen molar-refractivity contribution in [3.63, 3.8) is 0 Å². The second-order valence-electron chi connectivity index (χ2n) is 8.67. The highest BCUT2D eigenvalue weighted by Crippen LogP contribution is 2.24. The zero-order valence-corrected chi connectivity index (χ0v) is 21.3. The number of carbonyl (C=O) groups excluding carboxylic acids is 1. The van der Waals surface area contributed by atoms with E-state index in [0.717, 1.165) is 56.2 Å². The summed E-state index contributed by atoms with van der Waals surface area (Å²) in [5, 5.41) is 8.56. The number of nitrogens with zero attached hydrogens (tertiary/aromatic N) is 5. The number of hydrogen-bond donors (Lipinski definition) is 1. The fraction of sp³-hybridized carbons (Fsp3) is 0.400. The van der Waals surface area contributed by atoms with Crippen molar-refractivity contribution in [2.45, 2.75) is 26.9 Å². The Morgan fingerprint density at radius 1 is 1.03 bits per heavy atom. The molecule has 0 saturated carbocycles. The highest BCUT2D eigenvalue weighted by atomic mass is 35.5. The van der Waals surface area contributed by atoms with Gasteiger partial charge in [-0.3, -0.25) is 19.2 Å². The second kappa shape index (κ2) is 11.3. The molecule has 0 bridgehead atoms. The smallest absolute Gasteiger partial charge is 0.234 e. The van der Waals surface area contributed by atoms with Gasteiger partial charge in [0.05, 0.1) is 18.9 Å². The molecule has 2 heterocycles. The first-order valence-electron chi connectivity index (χ1n) is 11.7. The molecule has 1 N–H and O–H groups in total. The first-order chi connectivity index (χ1) is 16.4. The van der Waals surface area contributed by atoms with Gasteiger partial charge in [0.1, 0.15) is 0 Å². The topological polar surface area (TPSA) is 58.3 Å². The van der Waals surface area contributed by atoms with Gasteiger partial charge in [-0.05, 0) is 49.8 Å². The fourth-order valence-corrected chi connectivity index (χ4v) is 4.43. The summed E-state index contributed by atoms with van der Waals surface area (Å²) < 4.78 is 4.53. The molecule has 0 radical (unpaired) electrons. The van der Waals surface area contributed by atoms with Gasteiger partial charge in [-0.1, -0.05) is 48.4 Å². The van der Waals surface area contributed by atoms with Crippen LogP contribution in [0.4, 0.5) is 0 Å². The molecular weight excluding hydrogens is 468 g/mol. The number of amides is 1. The molecule has 9 heteroatoms. The van der Waals surface area contributed by atoms with Gasteiger partial charge in [-0.15, -0.1) is 5.10 Å². The minimum absolute atomic E-state index is 0.0990. The summed E-state index contributed by atoms with van der Waals surface area (Å²) in [5.41, 5.74) is 3.13. The van der Waals surface area contributed by atoms with Gasteiger partial charge in [-0.25, -0.2) is 4.68 Å². The molecule has 0 unspecified atom stereocenters. The molecule has 7 nitrogen and oxygen atoms in total. The highest BCUT2D eigenvalue weighted by molar-refractivity contribution is 7.71. The lowest BCUT2D eigenvalue weighted by Crippen LogP contribution is -2.49. The predicted octanol–water partition coefficient (Wildman–Crippen LogP) is 4.13. The molecule has 0 atom stereocenters. The van der Waals surface area contributed by atoms with Gasteiger partial charge in [0, 0.05) is 43.3 Å². The molecule has 4 rings (SSSR count). The van der Waals surface area contributed by atoms with Crippen molar-refractivity contribution in [1.29, 1.82) is 0 Å². The Morgan fingerprint density at radius 3 is 2.32 bits per heavy atom. The van der Waals surface area contributed by atoms with Gasteiger partial charge in [0.25, 0.3) is 0 Å². The third-order valence-electron chi connectivity index (χ3n) is 5.97. The quantitative estimate of drug-likeness (QED) is 0.473. The number of nitrogens with one attached hydrogen (secondary N) is 1. The summed E-state index contributed by atoms with van der Waals surface area (Å²) in [7, 11) is 0. The van der Waals surface area contributed by atoms with Crippen molar-refractivity contribution in [2.24, 2.45) is 0 Å². The maximum absolute atomic E-state index is 12.0. The normalized spacial score (nSPS) is 14.9. The third-order valence-corrected chi connectivity index (χ3v) is 6.62. The molecule has 3 aromatic rings. The van der Waals surface area contributed by atoms with Crippen LogP contribution in [0.15, 0.2) is 48.5 Å². The first kappa shape index (κ1) is 24.6. The first-order valence-corrected chi connectivity index (χ1v) is 12.5. The average molecular weight is 499 g/mol. The summed E-state index contributed by atoms with van der Waals surface area (Å²) in [6.45, 7) is 9.32. The van der Waals surface area contributed by atoms with Crippen LogP contribution in [-0.2, 0) is 11.5 Å². The Kier molecular flexibility index (Phi) is 8.15. The monoisotopic (exact) mass is 498 g/mol. The van der Waals surface area contributed by atoms with Crippen molar-refractivity contribution < 1.29 is 4.79 Å². The van der Waals surface area contributed by atoms with Gasteiger partial charge >= 0.3 is 0 Å². The van der Waals surface area contributed by atoms with Crippen LogP contribution in [0.5, 0.6) is 0 Å². The number of benzene rings is 2. The average Bonchev–Trinajstić information content (AvgIpc) is 3.15. The summed E-state index contributed by atoms with van der Waals surface area (Å²) in [4.78, 5) is 16.6. The minimum Gasteiger partial charge on any atom is -0.355 e. The molecule has 1 fully saturated rings. The van der Waals surface area contributed by atoms with E-state index in [2.05, 4.69) is 53.2 Å². The van der Waals surface area contributed by atoms with E-state index in [0.29, 0.717) is 23.0 Å². The van der Waals surface area contributed by atoms with Gasteiger partial charge in [-0.2, -0.15) is 0 Å². The number of halogens is 1. The molecule has 1 aliphatic rings. The van der Waals surface area contributed by atoms with Crippen molar-refractivity contribution in [2.75, 3.05) is 39.3 Å². The minimum atomic E-state index is 0.0990. The molecule has 1 amide bonds. The maximum Gasteiger partial charge on any atom is 0.234 e. The van der Waals surface area contributed by atoms with E-state index < -0.39 is 0 Å². The number of piperazine rings is 1. The lowest BCUT2D eigenvalue weighted by molar-refractivity contribution is -0.122. The van der Waals surface area contributed by atoms with Crippen LogP contribution < -0.4 is 5.32 Å². The van der Waals surface area contributed by atoms with Crippen LogP contribution in [0.3, 0.4) is 0 Å². The summed E-state index contributed by atoms with van der Waals surface area (Å²) in [6.07, 6.45) is 0.952. The zero-order valence-electron chi connectivity index (χ0n) is 19.7. The molecule has 1 aliphatic heterocycles. The van der Waals surface area contributed by atoms with Crippen LogP contribution in [-0.4, -0.2) is 69.3 Å². The lowest BCUT2D eigenvalue weighted by atomic mass is 10.1. The lowest BCUT2D eigenvalue weighted by Gasteiger charge is -2.33. The highest BCUT2D eigenvalue weighted by Gasteiger charge is 2.21. The SMILES string of the molecule is CCCNC(=O)CN1CCN(Cn2nc(-c3ccc(C)cc3)n(-c3ccc(Cl)cc3)c2=S)CC1. The number of aromatic nitrogens is 3. The number of hydrogen-bond acceptors (Lipinski definition) is 5. The number of rotatable bonds is 8. The van der Waals surface area contributed by atoms with E-state index >= 15 is 0 Å². The molecule has 180 valence electrons. The largest absolute Gasteiger partial charge is 0.355 e. The van der Waals surface area contributed by atoms with Crippen molar-refractivity contribution in [1.82, 2.24) is 29.5 Å². The fourth-order valence-electron chi connectivity index (χ4n) is 4.01. The standard InChI is InChI=1S/C25H31ClN6OS/c1-3-12-27-23(33)17-29-13-15-30(16-14-29)18-31-25(34)32(22-10-8-21(26)9-11-22)24(28-31)20-6-4-19(2)5-7-20/h4-11H,3,12-18H2,1-2H3,(H,27,33). The van der Waals surface area contributed by atoms with E-state index in [9.17, 15) is 4.79 Å². The summed E-state index contributed by atoms with van der Waals surface area (Å²) in [5.74, 6) is 0.903. The molecule has 0 aliphatic carbocycles. The van der Waals surface area contributed by atoms with E-state index in [1.165, 1.54) is 5.56 Å². The van der Waals surface area contributed by atoms with Crippen LogP contribution in [0.1, 0.15) is 18.9 Å². The van der Waals surface area contributed by atoms with Crippen LogP contribution in [0.25, 0.3) is 17.1 Å². The molecule has 34 heavy (non-hydrogen) atoms.